The molecule has 0 N–H and O–H groups in total. The van der Waals surface area contributed by atoms with E-state index in [1.54, 1.807) is 19.3 Å². The number of benzene rings is 1. The van der Waals surface area contributed by atoms with Gasteiger partial charge in [0, 0.05) is 28.4 Å². The first-order chi connectivity index (χ1) is 8.70. The van der Waals surface area contributed by atoms with Crippen molar-refractivity contribution in [2.75, 3.05) is 5.75 Å². The van der Waals surface area contributed by atoms with E-state index in [2.05, 4.69) is 36.2 Å². The Labute approximate surface area is 111 Å². The fraction of sp³-hybridized carbons (Fsp3) is 0.200. The number of thioether (sulfide) groups is 1. The van der Waals surface area contributed by atoms with Crippen LogP contribution in [0, 0.1) is 0 Å². The second-order valence-electron chi connectivity index (χ2n) is 3.98. The summed E-state index contributed by atoms with van der Waals surface area (Å²) >= 11 is 1.82. The number of carbonyl (C=O) groups excluding carboxylic acids is 1. The first-order valence-corrected chi connectivity index (χ1v) is 6.88. The molecule has 0 aliphatic rings. The highest BCUT2D eigenvalue weighted by atomic mass is 32.2. The normalized spacial score (nSPS) is 10.3. The molecule has 0 saturated heterocycles. The average Bonchev–Trinajstić information content (AvgIpc) is 2.40. The zero-order chi connectivity index (χ0) is 13.0. The van der Waals surface area contributed by atoms with E-state index in [1.807, 2.05) is 17.8 Å². The summed E-state index contributed by atoms with van der Waals surface area (Å²) in [5.74, 6) is 1.11. The third-order valence-electron chi connectivity index (χ3n) is 2.64. The number of carbonyl (C=O) groups is 1. The zero-order valence-corrected chi connectivity index (χ0v) is 11.3. The highest BCUT2D eigenvalue weighted by molar-refractivity contribution is 7.99. The van der Waals surface area contributed by atoms with Crippen molar-refractivity contribution in [1.29, 1.82) is 0 Å². The SMILES string of the molecule is CCSc1ccc(-c2cncc(C(C)=O)c2)cc1. The molecule has 2 nitrogen and oxygen atoms in total. The predicted molar refractivity (Wildman–Crippen MR) is 76.1 cm³/mol. The molecular weight excluding hydrogens is 242 g/mol. The number of pyridine rings is 1. The van der Waals surface area contributed by atoms with E-state index in [-0.39, 0.29) is 5.78 Å². The lowest BCUT2D eigenvalue weighted by molar-refractivity contribution is 0.101. The van der Waals surface area contributed by atoms with Crippen molar-refractivity contribution < 1.29 is 4.79 Å². The standard InChI is InChI=1S/C15H15NOS/c1-3-18-15-6-4-12(5-7-15)14-8-13(11(2)17)9-16-10-14/h4-10H,3H2,1-2H3. The molecule has 0 fully saturated rings. The number of hydrogen-bond acceptors (Lipinski definition) is 3. The van der Waals surface area contributed by atoms with E-state index < -0.39 is 0 Å². The van der Waals surface area contributed by atoms with Crippen molar-refractivity contribution in [2.45, 2.75) is 18.7 Å². The fourth-order valence-electron chi connectivity index (χ4n) is 1.70. The van der Waals surface area contributed by atoms with Crippen LogP contribution in [-0.2, 0) is 0 Å². The third-order valence-corrected chi connectivity index (χ3v) is 3.54. The van der Waals surface area contributed by atoms with Crippen LogP contribution in [0.4, 0.5) is 0 Å². The molecular formula is C15H15NOS. The van der Waals surface area contributed by atoms with Gasteiger partial charge in [-0.05, 0) is 36.4 Å². The minimum atomic E-state index is 0.0440. The second kappa shape index (κ2) is 5.83. The lowest BCUT2D eigenvalue weighted by Gasteiger charge is -2.04. The van der Waals surface area contributed by atoms with Crippen LogP contribution < -0.4 is 0 Å². The smallest absolute Gasteiger partial charge is 0.161 e. The van der Waals surface area contributed by atoms with Crippen LogP contribution in [0.3, 0.4) is 0 Å². The topological polar surface area (TPSA) is 30.0 Å². The van der Waals surface area contributed by atoms with Gasteiger partial charge >= 0.3 is 0 Å². The summed E-state index contributed by atoms with van der Waals surface area (Å²) in [6.45, 7) is 3.70. The van der Waals surface area contributed by atoms with Crippen LogP contribution >= 0.6 is 11.8 Å². The van der Waals surface area contributed by atoms with Crippen molar-refractivity contribution in [2.24, 2.45) is 0 Å². The van der Waals surface area contributed by atoms with Gasteiger partial charge in [0.2, 0.25) is 0 Å². The predicted octanol–water partition coefficient (Wildman–Crippen LogP) is 4.06. The molecule has 1 heterocycles. The van der Waals surface area contributed by atoms with Gasteiger partial charge in [-0.15, -0.1) is 11.8 Å². The molecule has 0 radical (unpaired) electrons. The number of ketones is 1. The van der Waals surface area contributed by atoms with Gasteiger partial charge in [-0.2, -0.15) is 0 Å². The van der Waals surface area contributed by atoms with Crippen molar-refractivity contribution in [3.63, 3.8) is 0 Å². The Balaban J connectivity index is 2.30. The van der Waals surface area contributed by atoms with Crippen LogP contribution in [0.1, 0.15) is 24.2 Å². The number of nitrogens with zero attached hydrogens (tertiary/aromatic N) is 1. The first-order valence-electron chi connectivity index (χ1n) is 5.90. The first kappa shape index (κ1) is 12.8. The molecule has 2 rings (SSSR count). The Kier molecular flexibility index (Phi) is 4.15. The number of hydrogen-bond donors (Lipinski definition) is 0. The Morgan fingerprint density at radius 1 is 1.17 bits per heavy atom. The maximum atomic E-state index is 11.3. The fourth-order valence-corrected chi connectivity index (χ4v) is 2.36. The Morgan fingerprint density at radius 2 is 1.89 bits per heavy atom. The molecule has 3 heteroatoms. The maximum Gasteiger partial charge on any atom is 0.161 e. The van der Waals surface area contributed by atoms with Gasteiger partial charge in [0.05, 0.1) is 0 Å². The van der Waals surface area contributed by atoms with E-state index >= 15 is 0 Å². The minimum Gasteiger partial charge on any atom is -0.294 e. The zero-order valence-electron chi connectivity index (χ0n) is 10.5. The molecule has 0 saturated carbocycles. The molecule has 0 unspecified atom stereocenters. The van der Waals surface area contributed by atoms with Crippen LogP contribution in [0.5, 0.6) is 0 Å². The van der Waals surface area contributed by atoms with Crippen molar-refractivity contribution in [3.05, 3.63) is 48.3 Å². The summed E-state index contributed by atoms with van der Waals surface area (Å²) < 4.78 is 0. The number of Topliss-reactive ketones (excluding diaryl/α,β-unsaturated/α-hetero) is 1. The summed E-state index contributed by atoms with van der Waals surface area (Å²) in [6.07, 6.45) is 3.39. The van der Waals surface area contributed by atoms with Gasteiger partial charge in [0.1, 0.15) is 0 Å². The molecule has 0 aliphatic heterocycles. The number of aromatic nitrogens is 1. The molecule has 0 atom stereocenters. The van der Waals surface area contributed by atoms with Gasteiger partial charge in [0.15, 0.2) is 5.78 Å². The summed E-state index contributed by atoms with van der Waals surface area (Å²) in [4.78, 5) is 16.7. The molecule has 18 heavy (non-hydrogen) atoms. The average molecular weight is 257 g/mol. The van der Waals surface area contributed by atoms with E-state index in [0.29, 0.717) is 5.56 Å². The van der Waals surface area contributed by atoms with Gasteiger partial charge in [-0.1, -0.05) is 19.1 Å². The summed E-state index contributed by atoms with van der Waals surface area (Å²) in [6, 6.07) is 10.2. The highest BCUT2D eigenvalue weighted by Gasteiger charge is 2.03. The molecule has 0 aliphatic carbocycles. The second-order valence-corrected chi connectivity index (χ2v) is 5.31. The molecule has 0 bridgehead atoms. The molecule has 92 valence electrons. The lowest BCUT2D eigenvalue weighted by atomic mass is 10.1. The van der Waals surface area contributed by atoms with Gasteiger partial charge in [-0.25, -0.2) is 0 Å². The van der Waals surface area contributed by atoms with Crippen LogP contribution in [0.15, 0.2) is 47.6 Å². The summed E-state index contributed by atoms with van der Waals surface area (Å²) in [5.41, 5.74) is 2.72. The highest BCUT2D eigenvalue weighted by Crippen LogP contribution is 2.24. The monoisotopic (exact) mass is 257 g/mol. The largest absolute Gasteiger partial charge is 0.294 e. The van der Waals surface area contributed by atoms with Crippen molar-refractivity contribution >= 4 is 17.5 Å². The van der Waals surface area contributed by atoms with E-state index in [4.69, 9.17) is 0 Å². The summed E-state index contributed by atoms with van der Waals surface area (Å²) in [7, 11) is 0. The van der Waals surface area contributed by atoms with Crippen LogP contribution in [0.2, 0.25) is 0 Å². The summed E-state index contributed by atoms with van der Waals surface area (Å²) in [5, 5.41) is 0. The van der Waals surface area contributed by atoms with Crippen molar-refractivity contribution in [3.8, 4) is 11.1 Å². The van der Waals surface area contributed by atoms with Crippen molar-refractivity contribution in [1.82, 2.24) is 4.98 Å². The van der Waals surface area contributed by atoms with Crippen LogP contribution in [0.25, 0.3) is 11.1 Å². The molecule has 0 amide bonds. The third kappa shape index (κ3) is 2.99. The minimum absolute atomic E-state index is 0.0440. The molecule has 1 aromatic heterocycles. The molecule has 1 aromatic carbocycles. The molecule has 2 aromatic rings. The maximum absolute atomic E-state index is 11.3. The van der Waals surface area contributed by atoms with Gasteiger partial charge in [0.25, 0.3) is 0 Å². The Hall–Kier alpha value is -1.61. The van der Waals surface area contributed by atoms with Gasteiger partial charge < -0.3 is 0 Å². The quantitative estimate of drug-likeness (QED) is 0.611. The lowest BCUT2D eigenvalue weighted by Crippen LogP contribution is -1.93. The van der Waals surface area contributed by atoms with Gasteiger partial charge in [-0.3, -0.25) is 9.78 Å². The Bertz CT molecular complexity index is 549. The van der Waals surface area contributed by atoms with E-state index in [9.17, 15) is 4.79 Å². The van der Waals surface area contributed by atoms with E-state index in [1.165, 1.54) is 4.90 Å². The Morgan fingerprint density at radius 3 is 2.50 bits per heavy atom. The van der Waals surface area contributed by atoms with E-state index in [0.717, 1.165) is 16.9 Å². The van der Waals surface area contributed by atoms with Crippen LogP contribution in [-0.4, -0.2) is 16.5 Å². The number of rotatable bonds is 4. The molecule has 0 spiro atoms.